The second kappa shape index (κ2) is 6.76. The van der Waals surface area contributed by atoms with E-state index in [1.54, 1.807) is 11.4 Å². The van der Waals surface area contributed by atoms with Crippen molar-refractivity contribution in [2.75, 3.05) is 6.61 Å². The molecule has 0 aliphatic heterocycles. The summed E-state index contributed by atoms with van der Waals surface area (Å²) in [6.45, 7) is 2.06. The largest absolute Gasteiger partial charge is 0.462 e. The Kier molecular flexibility index (Phi) is 4.15. The zero-order chi connectivity index (χ0) is 17.9. The summed E-state index contributed by atoms with van der Waals surface area (Å²) in [5, 5.41) is 4.60. The Bertz CT molecular complexity index is 1060. The third-order valence-electron chi connectivity index (χ3n) is 3.94. The Balaban J connectivity index is 1.97. The molecule has 2 aromatic carbocycles. The van der Waals surface area contributed by atoms with Gasteiger partial charge in [0.15, 0.2) is 5.82 Å². The van der Waals surface area contributed by atoms with Crippen LogP contribution in [0.25, 0.3) is 28.4 Å². The van der Waals surface area contributed by atoms with Gasteiger partial charge in [0.25, 0.3) is 5.78 Å². The van der Waals surface area contributed by atoms with Crippen LogP contribution in [0, 0.1) is 0 Å². The average Bonchev–Trinajstić information content (AvgIpc) is 3.13. The highest BCUT2D eigenvalue weighted by Crippen LogP contribution is 2.26. The number of benzene rings is 2. The van der Waals surface area contributed by atoms with E-state index in [-0.39, 0.29) is 6.61 Å². The molecule has 6 heteroatoms. The Hall–Kier alpha value is -3.54. The molecule has 0 saturated carbocycles. The number of esters is 1. The number of ether oxygens (including phenoxy) is 1. The minimum absolute atomic E-state index is 0.289. The number of carbonyl (C=O) groups excluding carboxylic acids is 1. The first kappa shape index (κ1) is 16.0. The molecule has 2 aromatic heterocycles. The third-order valence-corrected chi connectivity index (χ3v) is 3.94. The number of rotatable bonds is 4. The fraction of sp³-hybridized carbons (Fsp3) is 0.100. The van der Waals surface area contributed by atoms with Crippen LogP contribution >= 0.6 is 0 Å². The van der Waals surface area contributed by atoms with Gasteiger partial charge in [0.2, 0.25) is 0 Å². The van der Waals surface area contributed by atoms with Crippen LogP contribution in [0.5, 0.6) is 0 Å². The van der Waals surface area contributed by atoms with E-state index < -0.39 is 5.97 Å². The van der Waals surface area contributed by atoms with Crippen LogP contribution in [0.15, 0.2) is 66.9 Å². The first-order valence-corrected chi connectivity index (χ1v) is 8.31. The topological polar surface area (TPSA) is 69.4 Å². The van der Waals surface area contributed by atoms with E-state index in [0.717, 1.165) is 11.1 Å². The number of aromatic nitrogens is 4. The zero-order valence-corrected chi connectivity index (χ0v) is 14.2. The Labute approximate surface area is 150 Å². The molecule has 0 fully saturated rings. The predicted octanol–water partition coefficient (Wildman–Crippen LogP) is 3.64. The number of carbonyl (C=O) groups is 1. The van der Waals surface area contributed by atoms with Gasteiger partial charge in [0.05, 0.1) is 12.3 Å². The maximum atomic E-state index is 12.4. The number of nitrogens with zero attached hydrogens (tertiary/aromatic N) is 4. The molecule has 0 aliphatic carbocycles. The molecule has 2 heterocycles. The normalized spacial score (nSPS) is 10.8. The van der Waals surface area contributed by atoms with Gasteiger partial charge in [-0.15, -0.1) is 5.10 Å². The van der Waals surface area contributed by atoms with Gasteiger partial charge < -0.3 is 4.74 Å². The molecule has 0 unspecified atom stereocenters. The summed E-state index contributed by atoms with van der Waals surface area (Å²) in [4.78, 5) is 21.2. The lowest BCUT2D eigenvalue weighted by atomic mass is 10.1. The van der Waals surface area contributed by atoms with Crippen LogP contribution in [0.2, 0.25) is 0 Å². The van der Waals surface area contributed by atoms with Crippen molar-refractivity contribution in [2.24, 2.45) is 0 Å². The number of hydrogen-bond acceptors (Lipinski definition) is 5. The molecule has 128 valence electrons. The van der Waals surface area contributed by atoms with Crippen molar-refractivity contribution in [1.82, 2.24) is 19.6 Å². The van der Waals surface area contributed by atoms with Crippen molar-refractivity contribution in [2.45, 2.75) is 6.92 Å². The van der Waals surface area contributed by atoms with Crippen molar-refractivity contribution in [1.29, 1.82) is 0 Å². The van der Waals surface area contributed by atoms with Crippen LogP contribution in [-0.2, 0) is 4.74 Å². The quantitative estimate of drug-likeness (QED) is 0.529. The van der Waals surface area contributed by atoms with Crippen LogP contribution < -0.4 is 0 Å². The summed E-state index contributed by atoms with van der Waals surface area (Å²) < 4.78 is 6.79. The van der Waals surface area contributed by atoms with Crippen molar-refractivity contribution in [3.05, 3.63) is 72.4 Å². The van der Waals surface area contributed by atoms with E-state index in [1.165, 1.54) is 6.20 Å². The van der Waals surface area contributed by atoms with E-state index in [2.05, 4.69) is 15.1 Å². The second-order valence-electron chi connectivity index (χ2n) is 5.62. The van der Waals surface area contributed by atoms with Crippen LogP contribution in [0.3, 0.4) is 0 Å². The van der Waals surface area contributed by atoms with E-state index in [1.807, 2.05) is 60.7 Å². The lowest BCUT2D eigenvalue weighted by Gasteiger charge is -2.09. The van der Waals surface area contributed by atoms with Crippen molar-refractivity contribution in [3.63, 3.8) is 0 Å². The highest BCUT2D eigenvalue weighted by Gasteiger charge is 2.20. The summed E-state index contributed by atoms with van der Waals surface area (Å²) in [6.07, 6.45) is 1.50. The van der Waals surface area contributed by atoms with Gasteiger partial charge in [-0.1, -0.05) is 60.7 Å². The van der Waals surface area contributed by atoms with Crippen LogP contribution in [0.4, 0.5) is 0 Å². The van der Waals surface area contributed by atoms with Crippen molar-refractivity contribution < 1.29 is 9.53 Å². The lowest BCUT2D eigenvalue weighted by molar-refractivity contribution is 0.0526. The minimum atomic E-state index is -0.433. The van der Waals surface area contributed by atoms with E-state index in [0.29, 0.717) is 22.9 Å². The lowest BCUT2D eigenvalue weighted by Crippen LogP contribution is -2.11. The second-order valence-corrected chi connectivity index (χ2v) is 5.62. The van der Waals surface area contributed by atoms with Gasteiger partial charge >= 0.3 is 5.97 Å². The standard InChI is InChI=1S/C20H16N4O2/c1-2-26-19(25)16-13-21-20-22-18(15-11-7-4-8-12-15)23-24(20)17(16)14-9-5-3-6-10-14/h3-13H,2H2,1H3. The average molecular weight is 344 g/mol. The zero-order valence-electron chi connectivity index (χ0n) is 14.2. The highest BCUT2D eigenvalue weighted by atomic mass is 16.5. The molecule has 0 spiro atoms. The first-order chi connectivity index (χ1) is 12.8. The Morgan fingerprint density at radius 3 is 2.31 bits per heavy atom. The van der Waals surface area contributed by atoms with Crippen LogP contribution in [0.1, 0.15) is 17.3 Å². The van der Waals surface area contributed by atoms with Gasteiger partial charge in [-0.3, -0.25) is 0 Å². The molecular weight excluding hydrogens is 328 g/mol. The first-order valence-electron chi connectivity index (χ1n) is 8.31. The van der Waals surface area contributed by atoms with Crippen LogP contribution in [-0.4, -0.2) is 32.2 Å². The molecule has 0 N–H and O–H groups in total. The molecule has 0 atom stereocenters. The van der Waals surface area contributed by atoms with Gasteiger partial charge in [-0.25, -0.2) is 9.78 Å². The summed E-state index contributed by atoms with van der Waals surface area (Å²) in [7, 11) is 0. The van der Waals surface area contributed by atoms with Gasteiger partial charge in [0, 0.05) is 17.3 Å². The molecule has 0 radical (unpaired) electrons. The predicted molar refractivity (Wildman–Crippen MR) is 97.6 cm³/mol. The third kappa shape index (κ3) is 2.82. The van der Waals surface area contributed by atoms with Gasteiger partial charge in [0.1, 0.15) is 5.56 Å². The molecule has 6 nitrogen and oxygen atoms in total. The molecule has 26 heavy (non-hydrogen) atoms. The summed E-state index contributed by atoms with van der Waals surface area (Å²) in [6, 6.07) is 19.2. The number of hydrogen-bond donors (Lipinski definition) is 0. The minimum Gasteiger partial charge on any atom is -0.462 e. The van der Waals surface area contributed by atoms with Gasteiger partial charge in [-0.05, 0) is 6.92 Å². The summed E-state index contributed by atoms with van der Waals surface area (Å²) in [5.41, 5.74) is 2.70. The maximum Gasteiger partial charge on any atom is 0.341 e. The fourth-order valence-corrected chi connectivity index (χ4v) is 2.78. The summed E-state index contributed by atoms with van der Waals surface area (Å²) in [5.74, 6) is 0.546. The Morgan fingerprint density at radius 2 is 1.65 bits per heavy atom. The monoisotopic (exact) mass is 344 g/mol. The maximum absolute atomic E-state index is 12.4. The van der Waals surface area contributed by atoms with E-state index in [9.17, 15) is 4.79 Å². The van der Waals surface area contributed by atoms with Crippen molar-refractivity contribution >= 4 is 11.7 Å². The number of fused-ring (bicyclic) bond motifs is 1. The molecule has 4 rings (SSSR count). The molecule has 0 amide bonds. The van der Waals surface area contributed by atoms with Gasteiger partial charge in [-0.2, -0.15) is 9.50 Å². The Morgan fingerprint density at radius 1 is 1.00 bits per heavy atom. The fourth-order valence-electron chi connectivity index (χ4n) is 2.78. The molecule has 4 aromatic rings. The molecule has 0 saturated heterocycles. The molecule has 0 aliphatic rings. The SMILES string of the molecule is CCOC(=O)c1cnc2nc(-c3ccccc3)nn2c1-c1ccccc1. The molecule has 0 bridgehead atoms. The van der Waals surface area contributed by atoms with E-state index in [4.69, 9.17) is 4.74 Å². The smallest absolute Gasteiger partial charge is 0.341 e. The summed E-state index contributed by atoms with van der Waals surface area (Å²) >= 11 is 0. The highest BCUT2D eigenvalue weighted by molar-refractivity contribution is 5.96. The van der Waals surface area contributed by atoms with E-state index >= 15 is 0 Å². The molecular formula is C20H16N4O2. The van der Waals surface area contributed by atoms with Crippen molar-refractivity contribution in [3.8, 4) is 22.6 Å².